The Balaban J connectivity index is 2.35. The largest absolute Gasteiger partial charge is 0.458 e. The fourth-order valence-corrected chi connectivity index (χ4v) is 1.05. The first-order chi connectivity index (χ1) is 7.59. The predicted molar refractivity (Wildman–Crippen MR) is 57.0 cm³/mol. The van der Waals surface area contributed by atoms with Crippen LogP contribution in [0.4, 0.5) is 4.79 Å². The molecule has 1 aromatic carbocycles. The zero-order valence-electron chi connectivity index (χ0n) is 8.93. The Hall–Kier alpha value is -2.04. The van der Waals surface area contributed by atoms with E-state index in [9.17, 15) is 9.59 Å². The van der Waals surface area contributed by atoms with E-state index in [1.165, 1.54) is 0 Å². The van der Waals surface area contributed by atoms with Crippen molar-refractivity contribution in [2.24, 2.45) is 5.73 Å². The maximum atomic E-state index is 11.4. The van der Waals surface area contributed by atoms with Gasteiger partial charge in [-0.05, 0) is 19.1 Å². The third-order valence-corrected chi connectivity index (χ3v) is 1.85. The Bertz CT molecular complexity index is 372. The molecule has 0 aliphatic rings. The lowest BCUT2D eigenvalue weighted by Crippen LogP contribution is -2.18. The summed E-state index contributed by atoms with van der Waals surface area (Å²) in [6, 6.07) is 6.98. The lowest BCUT2D eigenvalue weighted by atomic mass is 10.1. The first kappa shape index (κ1) is 12.0. The Labute approximate surface area is 93.1 Å². The molecule has 0 radical (unpaired) electrons. The number of aryl methyl sites for hydroxylation is 1. The van der Waals surface area contributed by atoms with Crippen molar-refractivity contribution in [3.05, 3.63) is 35.4 Å². The second-order valence-corrected chi connectivity index (χ2v) is 3.17. The molecule has 0 atom stereocenters. The molecule has 5 nitrogen and oxygen atoms in total. The average Bonchev–Trinajstić information content (AvgIpc) is 2.25. The summed E-state index contributed by atoms with van der Waals surface area (Å²) in [6.45, 7) is 1.89. The normalized spacial score (nSPS) is 9.56. The van der Waals surface area contributed by atoms with Gasteiger partial charge in [0.05, 0.1) is 5.56 Å². The average molecular weight is 223 g/mol. The Morgan fingerprint density at radius 2 is 1.69 bits per heavy atom. The van der Waals surface area contributed by atoms with Gasteiger partial charge in [-0.25, -0.2) is 9.59 Å². The fourth-order valence-electron chi connectivity index (χ4n) is 1.05. The van der Waals surface area contributed by atoms with Crippen LogP contribution in [-0.4, -0.2) is 25.3 Å². The summed E-state index contributed by atoms with van der Waals surface area (Å²) in [5.74, 6) is -0.451. The lowest BCUT2D eigenvalue weighted by Gasteiger charge is -2.04. The minimum Gasteiger partial charge on any atom is -0.458 e. The Morgan fingerprint density at radius 3 is 2.25 bits per heavy atom. The number of nitrogens with two attached hydrogens (primary N) is 1. The van der Waals surface area contributed by atoms with Crippen molar-refractivity contribution in [2.75, 3.05) is 13.2 Å². The summed E-state index contributed by atoms with van der Waals surface area (Å²) in [5.41, 5.74) is 6.26. The predicted octanol–water partition coefficient (Wildman–Crippen LogP) is 1.25. The van der Waals surface area contributed by atoms with Crippen molar-refractivity contribution in [2.45, 2.75) is 6.92 Å². The number of hydrogen-bond donors (Lipinski definition) is 1. The topological polar surface area (TPSA) is 78.6 Å². The number of carbonyl (C=O) groups is 2. The molecule has 0 saturated heterocycles. The highest BCUT2D eigenvalue weighted by Crippen LogP contribution is 2.04. The molecule has 2 N–H and O–H groups in total. The van der Waals surface area contributed by atoms with Crippen molar-refractivity contribution in [1.82, 2.24) is 0 Å². The van der Waals surface area contributed by atoms with E-state index in [1.807, 2.05) is 19.1 Å². The van der Waals surface area contributed by atoms with Gasteiger partial charge in [0.2, 0.25) is 0 Å². The molecular weight excluding hydrogens is 210 g/mol. The summed E-state index contributed by atoms with van der Waals surface area (Å²) in [6.07, 6.45) is -0.883. The van der Waals surface area contributed by atoms with E-state index in [0.717, 1.165) is 5.56 Å². The summed E-state index contributed by atoms with van der Waals surface area (Å²) in [4.78, 5) is 21.6. The van der Waals surface area contributed by atoms with Gasteiger partial charge < -0.3 is 15.2 Å². The van der Waals surface area contributed by atoms with Crippen LogP contribution in [0.15, 0.2) is 24.3 Å². The van der Waals surface area contributed by atoms with Gasteiger partial charge in [0.25, 0.3) is 0 Å². The van der Waals surface area contributed by atoms with Crippen molar-refractivity contribution in [3.63, 3.8) is 0 Å². The first-order valence-corrected chi connectivity index (χ1v) is 4.75. The van der Waals surface area contributed by atoms with Gasteiger partial charge in [-0.2, -0.15) is 0 Å². The number of amides is 1. The summed E-state index contributed by atoms with van der Waals surface area (Å²) in [7, 11) is 0. The quantitative estimate of drug-likeness (QED) is 0.615. The standard InChI is InChI=1S/C11H13NO4/c1-8-2-4-9(5-3-8)10(13)15-6-7-16-11(12)14/h2-5H,6-7H2,1H3,(H2,12,14). The van der Waals surface area contributed by atoms with Gasteiger partial charge in [0.1, 0.15) is 13.2 Å². The molecule has 16 heavy (non-hydrogen) atoms. The number of hydrogen-bond acceptors (Lipinski definition) is 4. The number of esters is 1. The monoisotopic (exact) mass is 223 g/mol. The van der Waals surface area contributed by atoms with E-state index in [0.29, 0.717) is 5.56 Å². The van der Waals surface area contributed by atoms with E-state index in [1.54, 1.807) is 12.1 Å². The highest BCUT2D eigenvalue weighted by atomic mass is 16.6. The van der Waals surface area contributed by atoms with Gasteiger partial charge in [-0.1, -0.05) is 17.7 Å². The molecule has 5 heteroatoms. The highest BCUT2D eigenvalue weighted by molar-refractivity contribution is 5.89. The van der Waals surface area contributed by atoms with Crippen LogP contribution < -0.4 is 5.73 Å². The Kier molecular flexibility index (Phi) is 4.32. The van der Waals surface area contributed by atoms with E-state index >= 15 is 0 Å². The molecule has 0 unspecified atom stereocenters. The van der Waals surface area contributed by atoms with Crippen molar-refractivity contribution in [3.8, 4) is 0 Å². The molecule has 86 valence electrons. The fraction of sp³-hybridized carbons (Fsp3) is 0.273. The molecular formula is C11H13NO4. The van der Waals surface area contributed by atoms with E-state index in [-0.39, 0.29) is 13.2 Å². The van der Waals surface area contributed by atoms with Crippen LogP contribution in [0.3, 0.4) is 0 Å². The number of carbonyl (C=O) groups excluding carboxylic acids is 2. The highest BCUT2D eigenvalue weighted by Gasteiger charge is 2.06. The van der Waals surface area contributed by atoms with Crippen molar-refractivity contribution < 1.29 is 19.1 Å². The molecule has 1 amide bonds. The smallest absolute Gasteiger partial charge is 0.404 e. The van der Waals surface area contributed by atoms with Gasteiger partial charge >= 0.3 is 12.1 Å². The molecule has 1 aromatic rings. The van der Waals surface area contributed by atoms with E-state index < -0.39 is 12.1 Å². The summed E-state index contributed by atoms with van der Waals surface area (Å²) < 4.78 is 9.26. The van der Waals surface area contributed by atoms with E-state index in [4.69, 9.17) is 10.5 Å². The van der Waals surface area contributed by atoms with Crippen LogP contribution in [0.2, 0.25) is 0 Å². The van der Waals surface area contributed by atoms with Crippen LogP contribution in [0.25, 0.3) is 0 Å². The van der Waals surface area contributed by atoms with Crippen molar-refractivity contribution in [1.29, 1.82) is 0 Å². The number of primary amides is 1. The number of rotatable bonds is 4. The SMILES string of the molecule is Cc1ccc(C(=O)OCCOC(N)=O)cc1. The van der Waals surface area contributed by atoms with Gasteiger partial charge in [0, 0.05) is 0 Å². The van der Waals surface area contributed by atoms with Crippen LogP contribution in [0.1, 0.15) is 15.9 Å². The maximum Gasteiger partial charge on any atom is 0.404 e. The molecule has 0 aromatic heterocycles. The van der Waals surface area contributed by atoms with Crippen LogP contribution in [0.5, 0.6) is 0 Å². The maximum absolute atomic E-state index is 11.4. The summed E-state index contributed by atoms with van der Waals surface area (Å²) in [5, 5.41) is 0. The third kappa shape index (κ3) is 4.00. The molecule has 0 fully saturated rings. The molecule has 0 heterocycles. The number of benzene rings is 1. The van der Waals surface area contributed by atoms with E-state index in [2.05, 4.69) is 4.74 Å². The second-order valence-electron chi connectivity index (χ2n) is 3.17. The van der Waals surface area contributed by atoms with Crippen LogP contribution >= 0.6 is 0 Å². The zero-order chi connectivity index (χ0) is 12.0. The molecule has 0 bridgehead atoms. The third-order valence-electron chi connectivity index (χ3n) is 1.85. The van der Waals surface area contributed by atoms with Crippen LogP contribution in [-0.2, 0) is 9.47 Å². The molecule has 1 rings (SSSR count). The van der Waals surface area contributed by atoms with Crippen molar-refractivity contribution >= 4 is 12.1 Å². The van der Waals surface area contributed by atoms with Gasteiger partial charge in [-0.3, -0.25) is 0 Å². The molecule has 0 aliphatic carbocycles. The minimum absolute atomic E-state index is 0.00432. The molecule has 0 spiro atoms. The molecule has 0 saturated carbocycles. The minimum atomic E-state index is -0.883. The Morgan fingerprint density at radius 1 is 1.12 bits per heavy atom. The summed E-state index contributed by atoms with van der Waals surface area (Å²) >= 11 is 0. The first-order valence-electron chi connectivity index (χ1n) is 4.75. The number of ether oxygens (including phenoxy) is 2. The van der Waals surface area contributed by atoms with Crippen LogP contribution in [0, 0.1) is 6.92 Å². The zero-order valence-corrected chi connectivity index (χ0v) is 8.93. The van der Waals surface area contributed by atoms with Gasteiger partial charge in [-0.15, -0.1) is 0 Å². The molecule has 0 aliphatic heterocycles. The van der Waals surface area contributed by atoms with Gasteiger partial charge in [0.15, 0.2) is 0 Å². The lowest BCUT2D eigenvalue weighted by molar-refractivity contribution is 0.0408. The second kappa shape index (κ2) is 5.75.